The summed E-state index contributed by atoms with van der Waals surface area (Å²) in [7, 11) is 4.20. The Labute approximate surface area is 103 Å². The normalized spacial score (nSPS) is 13.4. The third-order valence-corrected chi connectivity index (χ3v) is 3.95. The first kappa shape index (κ1) is 13.6. The van der Waals surface area contributed by atoms with Crippen molar-refractivity contribution in [1.82, 2.24) is 15.2 Å². The maximum atomic E-state index is 4.64. The average molecular weight is 241 g/mol. The molecule has 1 heterocycles. The molecule has 0 spiro atoms. The molecule has 0 aliphatic carbocycles. The predicted molar refractivity (Wildman–Crippen MR) is 71.2 cm³/mol. The molecule has 1 unspecified atom stereocenters. The first-order valence-corrected chi connectivity index (χ1v) is 6.70. The molecule has 1 aromatic heterocycles. The Morgan fingerprint density at radius 1 is 1.44 bits per heavy atom. The monoisotopic (exact) mass is 241 g/mol. The first-order valence-electron chi connectivity index (χ1n) is 5.89. The van der Waals surface area contributed by atoms with Crippen molar-refractivity contribution in [1.29, 1.82) is 0 Å². The van der Waals surface area contributed by atoms with Crippen LogP contribution in [0.25, 0.3) is 0 Å². The molecule has 0 saturated carbocycles. The van der Waals surface area contributed by atoms with Gasteiger partial charge >= 0.3 is 0 Å². The van der Waals surface area contributed by atoms with Crippen LogP contribution in [0, 0.1) is 6.92 Å². The molecule has 0 saturated heterocycles. The van der Waals surface area contributed by atoms with Crippen molar-refractivity contribution in [3.63, 3.8) is 0 Å². The summed E-state index contributed by atoms with van der Waals surface area (Å²) in [6.45, 7) is 8.53. The Balaban J connectivity index is 2.65. The van der Waals surface area contributed by atoms with Crippen molar-refractivity contribution >= 4 is 11.3 Å². The first-order chi connectivity index (χ1) is 7.54. The zero-order valence-corrected chi connectivity index (χ0v) is 11.8. The van der Waals surface area contributed by atoms with Gasteiger partial charge in [0.05, 0.1) is 10.7 Å². The summed E-state index contributed by atoms with van der Waals surface area (Å²) in [6.07, 6.45) is 1.05. The van der Waals surface area contributed by atoms with Gasteiger partial charge in [-0.05, 0) is 34.5 Å². The number of rotatable bonds is 6. The van der Waals surface area contributed by atoms with Crippen LogP contribution in [0.15, 0.2) is 0 Å². The van der Waals surface area contributed by atoms with E-state index in [9.17, 15) is 0 Å². The molecule has 1 atom stereocenters. The summed E-state index contributed by atoms with van der Waals surface area (Å²) in [5, 5.41) is 4.70. The van der Waals surface area contributed by atoms with Gasteiger partial charge in [0.25, 0.3) is 0 Å². The number of nitrogens with zero attached hydrogens (tertiary/aromatic N) is 2. The van der Waals surface area contributed by atoms with Crippen LogP contribution in [0.4, 0.5) is 0 Å². The number of aryl methyl sites for hydroxylation is 1. The van der Waals surface area contributed by atoms with Gasteiger partial charge in [-0.1, -0.05) is 6.92 Å². The number of likely N-dealkylation sites (N-methyl/N-ethyl adjacent to an activating group) is 1. The zero-order valence-electron chi connectivity index (χ0n) is 11.0. The van der Waals surface area contributed by atoms with E-state index >= 15 is 0 Å². The largest absolute Gasteiger partial charge is 0.310 e. The van der Waals surface area contributed by atoms with Crippen LogP contribution in [-0.4, -0.2) is 37.1 Å². The second kappa shape index (κ2) is 6.33. The molecule has 1 N–H and O–H groups in total. The predicted octanol–water partition coefficient (Wildman–Crippen LogP) is 2.23. The van der Waals surface area contributed by atoms with Gasteiger partial charge in [-0.3, -0.25) is 0 Å². The van der Waals surface area contributed by atoms with Gasteiger partial charge < -0.3 is 10.2 Å². The minimum Gasteiger partial charge on any atom is -0.310 e. The van der Waals surface area contributed by atoms with Crippen LogP contribution in [0.2, 0.25) is 0 Å². The van der Waals surface area contributed by atoms with E-state index in [1.807, 2.05) is 11.3 Å². The highest BCUT2D eigenvalue weighted by Crippen LogP contribution is 2.25. The highest BCUT2D eigenvalue weighted by atomic mass is 32.1. The van der Waals surface area contributed by atoms with Gasteiger partial charge in [-0.25, -0.2) is 4.98 Å². The smallest absolute Gasteiger partial charge is 0.0944 e. The molecule has 0 amide bonds. The fourth-order valence-corrected chi connectivity index (χ4v) is 2.78. The van der Waals surface area contributed by atoms with E-state index < -0.39 is 0 Å². The lowest BCUT2D eigenvalue weighted by molar-refractivity contribution is 0.413. The van der Waals surface area contributed by atoms with Crippen molar-refractivity contribution in [2.24, 2.45) is 0 Å². The average Bonchev–Trinajstić information content (AvgIpc) is 2.57. The fourth-order valence-electron chi connectivity index (χ4n) is 1.69. The summed E-state index contributed by atoms with van der Waals surface area (Å²) in [6, 6.07) is 0.426. The van der Waals surface area contributed by atoms with Gasteiger partial charge in [0.15, 0.2) is 0 Å². The molecule has 1 aromatic rings. The van der Waals surface area contributed by atoms with Gasteiger partial charge in [0.2, 0.25) is 0 Å². The Hall–Kier alpha value is -0.450. The Morgan fingerprint density at radius 3 is 2.69 bits per heavy atom. The molecular weight excluding hydrogens is 218 g/mol. The molecule has 4 heteroatoms. The van der Waals surface area contributed by atoms with Crippen molar-refractivity contribution in [3.8, 4) is 0 Å². The highest BCUT2D eigenvalue weighted by Gasteiger charge is 2.13. The van der Waals surface area contributed by atoms with Crippen molar-refractivity contribution in [2.75, 3.05) is 27.2 Å². The van der Waals surface area contributed by atoms with Crippen LogP contribution >= 0.6 is 11.3 Å². The van der Waals surface area contributed by atoms with Crippen LogP contribution in [-0.2, 0) is 6.42 Å². The Kier molecular flexibility index (Phi) is 5.38. The molecule has 0 bridgehead atoms. The molecule has 16 heavy (non-hydrogen) atoms. The van der Waals surface area contributed by atoms with Crippen molar-refractivity contribution in [3.05, 3.63) is 15.6 Å². The maximum Gasteiger partial charge on any atom is 0.0944 e. The number of hydrogen-bond acceptors (Lipinski definition) is 4. The number of nitrogens with one attached hydrogen (secondary N) is 1. The molecule has 0 aliphatic rings. The van der Waals surface area contributed by atoms with Gasteiger partial charge in [-0.15, -0.1) is 11.3 Å². The summed E-state index contributed by atoms with van der Waals surface area (Å²) < 4.78 is 0. The summed E-state index contributed by atoms with van der Waals surface area (Å²) in [4.78, 5) is 8.22. The van der Waals surface area contributed by atoms with E-state index in [0.717, 1.165) is 19.5 Å². The fraction of sp³-hybridized carbons (Fsp3) is 0.750. The van der Waals surface area contributed by atoms with E-state index in [4.69, 9.17) is 0 Å². The zero-order chi connectivity index (χ0) is 12.1. The van der Waals surface area contributed by atoms with Crippen LogP contribution < -0.4 is 5.32 Å². The van der Waals surface area contributed by atoms with Crippen molar-refractivity contribution < 1.29 is 0 Å². The second-order valence-electron chi connectivity index (χ2n) is 4.39. The van der Waals surface area contributed by atoms with Crippen LogP contribution in [0.1, 0.15) is 35.5 Å². The minimum absolute atomic E-state index is 0.426. The van der Waals surface area contributed by atoms with E-state index in [1.54, 1.807) is 0 Å². The highest BCUT2D eigenvalue weighted by molar-refractivity contribution is 7.11. The van der Waals surface area contributed by atoms with E-state index in [0.29, 0.717) is 6.04 Å². The summed E-state index contributed by atoms with van der Waals surface area (Å²) >= 11 is 1.85. The second-order valence-corrected chi connectivity index (χ2v) is 5.51. The summed E-state index contributed by atoms with van der Waals surface area (Å²) in [5.41, 5.74) is 1.19. The molecule has 0 aromatic carbocycles. The molecule has 0 aliphatic heterocycles. The molecule has 3 nitrogen and oxygen atoms in total. The molecule has 1 rings (SSSR count). The lowest BCUT2D eigenvalue weighted by Crippen LogP contribution is -2.17. The van der Waals surface area contributed by atoms with Crippen LogP contribution in [0.5, 0.6) is 0 Å². The van der Waals surface area contributed by atoms with Gasteiger partial charge in [0, 0.05) is 23.9 Å². The van der Waals surface area contributed by atoms with Gasteiger partial charge in [0.1, 0.15) is 0 Å². The molecule has 92 valence electrons. The van der Waals surface area contributed by atoms with Crippen LogP contribution in [0.3, 0.4) is 0 Å². The quantitative estimate of drug-likeness (QED) is 0.828. The lowest BCUT2D eigenvalue weighted by Gasteiger charge is -2.10. The molecule has 0 fully saturated rings. The number of thiazole rings is 1. The lowest BCUT2D eigenvalue weighted by atomic mass is 10.2. The van der Waals surface area contributed by atoms with Gasteiger partial charge in [-0.2, -0.15) is 0 Å². The third kappa shape index (κ3) is 3.85. The van der Waals surface area contributed by atoms with E-state index in [2.05, 4.69) is 50.1 Å². The summed E-state index contributed by atoms with van der Waals surface area (Å²) in [5.74, 6) is 0. The standard InChI is InChI=1S/C12H23N3S/c1-6-13-9(2)12-10(3)14-11(16-12)7-8-15(4)5/h9,13H,6-8H2,1-5H3. The molecule has 0 radical (unpaired) electrons. The number of hydrogen-bond donors (Lipinski definition) is 1. The van der Waals surface area contributed by atoms with Crippen molar-refractivity contribution in [2.45, 2.75) is 33.2 Å². The Bertz CT molecular complexity index is 320. The third-order valence-electron chi connectivity index (χ3n) is 2.55. The maximum absolute atomic E-state index is 4.64. The number of aromatic nitrogens is 1. The van der Waals surface area contributed by atoms with E-state index in [1.165, 1.54) is 15.6 Å². The Morgan fingerprint density at radius 2 is 2.12 bits per heavy atom. The SMILES string of the molecule is CCNC(C)c1sc(CCN(C)C)nc1C. The topological polar surface area (TPSA) is 28.2 Å². The minimum atomic E-state index is 0.426. The molecular formula is C12H23N3S. The van der Waals surface area contributed by atoms with E-state index in [-0.39, 0.29) is 0 Å².